The van der Waals surface area contributed by atoms with Crippen LogP contribution in [0.2, 0.25) is 0 Å². The Kier molecular flexibility index (Phi) is 7.42. The predicted octanol–water partition coefficient (Wildman–Crippen LogP) is 2.88. The van der Waals surface area contributed by atoms with E-state index >= 15 is 0 Å². The SMILES string of the molecule is CCC(NC(=O)N1C(=O)[C@H](Cc2cc(C)nc(N)c2)[C@H]1C(=O)N(C)c1cnn(C)c1)c1cc(F)cc(F)c1. The van der Waals surface area contributed by atoms with E-state index in [9.17, 15) is 23.2 Å². The number of β-lactam (4-membered cyclic amide) rings is 1. The van der Waals surface area contributed by atoms with Crippen molar-refractivity contribution in [1.29, 1.82) is 0 Å². The molecule has 4 rings (SSSR count). The normalized spacial score (nSPS) is 17.6. The Morgan fingerprint density at radius 3 is 2.45 bits per heavy atom. The molecule has 3 heterocycles. The van der Waals surface area contributed by atoms with E-state index in [0.29, 0.717) is 23.4 Å². The monoisotopic (exact) mass is 525 g/mol. The van der Waals surface area contributed by atoms with Gasteiger partial charge in [-0.1, -0.05) is 6.92 Å². The number of likely N-dealkylation sites (tertiary alicyclic amines) is 1. The maximum atomic E-state index is 13.8. The molecule has 0 spiro atoms. The fourth-order valence-corrected chi connectivity index (χ4v) is 4.72. The van der Waals surface area contributed by atoms with E-state index in [-0.39, 0.29) is 17.8 Å². The number of benzene rings is 1. The minimum Gasteiger partial charge on any atom is -0.384 e. The van der Waals surface area contributed by atoms with Crippen LogP contribution >= 0.6 is 0 Å². The fourth-order valence-electron chi connectivity index (χ4n) is 4.72. The molecule has 2 aromatic heterocycles. The quantitative estimate of drug-likeness (QED) is 0.457. The molecular formula is C26H29F2N7O3. The van der Waals surface area contributed by atoms with Crippen LogP contribution in [0.15, 0.2) is 42.7 Å². The van der Waals surface area contributed by atoms with Crippen LogP contribution in [-0.4, -0.2) is 50.6 Å². The highest BCUT2D eigenvalue weighted by Gasteiger charge is 2.55. The molecule has 1 unspecified atom stereocenters. The maximum Gasteiger partial charge on any atom is 0.325 e. The van der Waals surface area contributed by atoms with E-state index in [1.807, 2.05) is 0 Å². The number of carbonyl (C=O) groups excluding carboxylic acids is 3. The summed E-state index contributed by atoms with van der Waals surface area (Å²) < 4.78 is 29.1. The highest BCUT2D eigenvalue weighted by molar-refractivity contribution is 6.12. The second-order valence-electron chi connectivity index (χ2n) is 9.39. The van der Waals surface area contributed by atoms with E-state index in [1.165, 1.54) is 22.8 Å². The first-order valence-electron chi connectivity index (χ1n) is 12.1. The number of pyridine rings is 1. The number of amides is 4. The van der Waals surface area contributed by atoms with Crippen LogP contribution in [0.3, 0.4) is 0 Å². The zero-order valence-electron chi connectivity index (χ0n) is 21.5. The minimum atomic E-state index is -1.12. The number of halogens is 2. The third-order valence-electron chi connectivity index (χ3n) is 6.58. The number of rotatable bonds is 7. The highest BCUT2D eigenvalue weighted by atomic mass is 19.1. The number of nitrogens with one attached hydrogen (secondary N) is 1. The Balaban J connectivity index is 1.62. The Hall–Kier alpha value is -4.35. The average Bonchev–Trinajstić information content (AvgIpc) is 3.28. The Labute approximate surface area is 218 Å². The molecule has 1 fully saturated rings. The molecule has 200 valence electrons. The number of nitrogen functional groups attached to an aromatic ring is 1. The number of nitrogens with two attached hydrogens (primary N) is 1. The van der Waals surface area contributed by atoms with E-state index in [4.69, 9.17) is 5.73 Å². The van der Waals surface area contributed by atoms with Gasteiger partial charge in [0, 0.05) is 32.1 Å². The van der Waals surface area contributed by atoms with Crippen LogP contribution < -0.4 is 16.0 Å². The molecule has 1 saturated heterocycles. The summed E-state index contributed by atoms with van der Waals surface area (Å²) in [4.78, 5) is 46.6. The molecular weight excluding hydrogens is 496 g/mol. The van der Waals surface area contributed by atoms with Crippen LogP contribution in [0.4, 0.5) is 25.1 Å². The van der Waals surface area contributed by atoms with Crippen molar-refractivity contribution in [1.82, 2.24) is 25.0 Å². The van der Waals surface area contributed by atoms with Gasteiger partial charge in [0.2, 0.25) is 5.91 Å². The summed E-state index contributed by atoms with van der Waals surface area (Å²) in [5.41, 5.74) is 7.92. The molecule has 3 atom stereocenters. The molecule has 38 heavy (non-hydrogen) atoms. The number of urea groups is 1. The predicted molar refractivity (Wildman–Crippen MR) is 136 cm³/mol. The Morgan fingerprint density at radius 1 is 1.18 bits per heavy atom. The molecule has 1 aliphatic heterocycles. The number of imide groups is 1. The van der Waals surface area contributed by atoms with E-state index in [2.05, 4.69) is 15.4 Å². The summed E-state index contributed by atoms with van der Waals surface area (Å²) >= 11 is 0. The maximum absolute atomic E-state index is 13.8. The van der Waals surface area contributed by atoms with Crippen molar-refractivity contribution < 1.29 is 23.2 Å². The lowest BCUT2D eigenvalue weighted by molar-refractivity contribution is -0.156. The first-order valence-corrected chi connectivity index (χ1v) is 12.1. The number of hydrogen-bond acceptors (Lipinski definition) is 6. The van der Waals surface area contributed by atoms with Crippen LogP contribution in [0, 0.1) is 24.5 Å². The molecule has 0 aliphatic carbocycles. The summed E-state index contributed by atoms with van der Waals surface area (Å²) in [6.45, 7) is 3.49. The summed E-state index contributed by atoms with van der Waals surface area (Å²) in [5, 5.41) is 6.73. The lowest BCUT2D eigenvalue weighted by atomic mass is 9.81. The number of nitrogens with zero attached hydrogens (tertiary/aromatic N) is 5. The largest absolute Gasteiger partial charge is 0.384 e. The van der Waals surface area contributed by atoms with Crippen LogP contribution in [0.5, 0.6) is 0 Å². The third-order valence-corrected chi connectivity index (χ3v) is 6.58. The molecule has 3 N–H and O–H groups in total. The van der Waals surface area contributed by atoms with Gasteiger partial charge in [-0.25, -0.2) is 18.6 Å². The second-order valence-corrected chi connectivity index (χ2v) is 9.39. The smallest absolute Gasteiger partial charge is 0.325 e. The van der Waals surface area contributed by atoms with Crippen molar-refractivity contribution in [3.8, 4) is 0 Å². The van der Waals surface area contributed by atoms with Gasteiger partial charge in [0.25, 0.3) is 5.91 Å². The Morgan fingerprint density at radius 2 is 1.87 bits per heavy atom. The Bertz CT molecular complexity index is 1350. The topological polar surface area (TPSA) is 126 Å². The molecule has 4 amide bonds. The van der Waals surface area contributed by atoms with E-state index < -0.39 is 47.5 Å². The standard InChI is InChI=1S/C26H29F2N7O3/c1-5-21(16-9-17(27)11-18(28)10-16)32-26(38)35-23(25(37)34(4)19-12-30-33(3)13-19)20(24(35)36)7-15-6-14(2)31-22(29)8-15/h6,8-13,20-21,23H,5,7H2,1-4H3,(H2,29,31)(H,32,38)/t20-,21?,23+/m1/s1. The van der Waals surface area contributed by atoms with Crippen LogP contribution in [-0.2, 0) is 23.1 Å². The van der Waals surface area contributed by atoms with Gasteiger partial charge in [0.15, 0.2) is 0 Å². The molecule has 1 aromatic carbocycles. The zero-order valence-corrected chi connectivity index (χ0v) is 21.5. The number of aryl methyl sites for hydroxylation is 2. The molecule has 1 aliphatic rings. The van der Waals surface area contributed by atoms with E-state index in [1.54, 1.807) is 39.2 Å². The molecule has 0 saturated carbocycles. The van der Waals surface area contributed by atoms with Crippen LogP contribution in [0.25, 0.3) is 0 Å². The van der Waals surface area contributed by atoms with Gasteiger partial charge >= 0.3 is 6.03 Å². The summed E-state index contributed by atoms with van der Waals surface area (Å²) in [6, 6.07) is 3.63. The van der Waals surface area contributed by atoms with Gasteiger partial charge in [-0.2, -0.15) is 5.10 Å². The first kappa shape index (κ1) is 26.7. The van der Waals surface area contributed by atoms with Gasteiger partial charge in [0.05, 0.1) is 23.8 Å². The third kappa shape index (κ3) is 5.34. The molecule has 10 nitrogen and oxygen atoms in total. The van der Waals surface area contributed by atoms with E-state index in [0.717, 1.165) is 23.1 Å². The minimum absolute atomic E-state index is 0.166. The number of aromatic nitrogens is 3. The van der Waals surface area contributed by atoms with Crippen LogP contribution in [0.1, 0.15) is 36.2 Å². The fraction of sp³-hybridized carbons (Fsp3) is 0.346. The van der Waals surface area contributed by atoms with Gasteiger partial charge < -0.3 is 16.0 Å². The van der Waals surface area contributed by atoms with Crippen molar-refractivity contribution in [3.05, 3.63) is 71.2 Å². The second kappa shape index (κ2) is 10.6. The molecule has 0 radical (unpaired) electrons. The highest BCUT2D eigenvalue weighted by Crippen LogP contribution is 2.33. The van der Waals surface area contributed by atoms with Gasteiger partial charge in [-0.3, -0.25) is 19.2 Å². The summed E-state index contributed by atoms with van der Waals surface area (Å²) in [7, 11) is 3.24. The van der Waals surface area contributed by atoms with Gasteiger partial charge in [0.1, 0.15) is 23.5 Å². The summed E-state index contributed by atoms with van der Waals surface area (Å²) in [5.74, 6) is -3.16. The number of hydrogen-bond donors (Lipinski definition) is 2. The number of anilines is 2. The molecule has 0 bridgehead atoms. The molecule has 12 heteroatoms. The average molecular weight is 526 g/mol. The zero-order chi connectivity index (χ0) is 27.7. The number of carbonyl (C=O) groups is 3. The van der Waals surface area contributed by atoms with Crippen molar-refractivity contribution in [2.24, 2.45) is 13.0 Å². The van der Waals surface area contributed by atoms with Crippen molar-refractivity contribution >= 4 is 29.4 Å². The van der Waals surface area contributed by atoms with Crippen molar-refractivity contribution in [3.63, 3.8) is 0 Å². The lowest BCUT2D eigenvalue weighted by Crippen LogP contribution is -2.70. The first-order chi connectivity index (χ1) is 18.0. The lowest BCUT2D eigenvalue weighted by Gasteiger charge is -2.46. The number of likely N-dealkylation sites (N-methyl/N-ethyl adjacent to an activating group) is 1. The summed E-state index contributed by atoms with van der Waals surface area (Å²) in [6.07, 6.45) is 3.59. The molecule has 3 aromatic rings. The van der Waals surface area contributed by atoms with Crippen molar-refractivity contribution in [2.45, 2.75) is 38.8 Å². The van der Waals surface area contributed by atoms with Crippen molar-refractivity contribution in [2.75, 3.05) is 17.7 Å². The van der Waals surface area contributed by atoms with Gasteiger partial charge in [-0.15, -0.1) is 0 Å². The van der Waals surface area contributed by atoms with Gasteiger partial charge in [-0.05, 0) is 55.2 Å².